The van der Waals surface area contributed by atoms with Gasteiger partial charge in [0.05, 0.1) is 5.41 Å². The predicted molar refractivity (Wildman–Crippen MR) is 128 cm³/mol. The zero-order chi connectivity index (χ0) is 22.4. The van der Waals surface area contributed by atoms with Crippen molar-refractivity contribution in [2.24, 2.45) is 5.41 Å². The molecule has 164 valence electrons. The molecule has 4 rings (SSSR count). The van der Waals surface area contributed by atoms with Crippen molar-refractivity contribution in [3.8, 4) is 10.4 Å². The summed E-state index contributed by atoms with van der Waals surface area (Å²) in [6.07, 6.45) is 5.38. The molecule has 0 spiro atoms. The molecule has 0 unspecified atom stereocenters. The average molecular weight is 446 g/mol. The largest absolute Gasteiger partial charge is 0.352 e. The van der Waals surface area contributed by atoms with Gasteiger partial charge in [0, 0.05) is 30.7 Å². The smallest absolute Gasteiger partial charge is 0.272 e. The van der Waals surface area contributed by atoms with Crippen LogP contribution in [0.3, 0.4) is 0 Å². The van der Waals surface area contributed by atoms with Gasteiger partial charge in [-0.25, -0.2) is 0 Å². The van der Waals surface area contributed by atoms with Crippen LogP contribution in [0, 0.1) is 5.41 Å². The Hall–Kier alpha value is -3.25. The fraction of sp³-hybridized carbons (Fsp3) is 0.269. The van der Waals surface area contributed by atoms with Crippen LogP contribution in [0.1, 0.15) is 28.9 Å². The van der Waals surface area contributed by atoms with Crippen LogP contribution in [0.2, 0.25) is 0 Å². The molecule has 1 saturated heterocycles. The van der Waals surface area contributed by atoms with E-state index >= 15 is 0 Å². The van der Waals surface area contributed by atoms with Crippen LogP contribution in [-0.2, 0) is 11.2 Å². The number of carbonyl (C=O) groups is 2. The second kappa shape index (κ2) is 9.92. The number of nitrogens with one attached hydrogen (secondary N) is 1. The van der Waals surface area contributed by atoms with Crippen molar-refractivity contribution in [2.75, 3.05) is 19.6 Å². The number of piperidine rings is 1. The number of nitrogens with zero attached hydrogens (tertiary/aromatic N) is 2. The van der Waals surface area contributed by atoms with Crippen LogP contribution in [0.25, 0.3) is 10.4 Å². The SMILES string of the molecule is C=CCNC(=O)[C@]1(Cc2ccc(-c3cccs3)cc2)CCCN(C(=O)c2ccccn2)C1. The molecule has 0 saturated carbocycles. The maximum absolute atomic E-state index is 13.3. The lowest BCUT2D eigenvalue weighted by Crippen LogP contribution is -2.54. The highest BCUT2D eigenvalue weighted by Crippen LogP contribution is 2.35. The van der Waals surface area contributed by atoms with Crippen molar-refractivity contribution in [3.05, 3.63) is 90.1 Å². The van der Waals surface area contributed by atoms with E-state index in [0.29, 0.717) is 31.7 Å². The van der Waals surface area contributed by atoms with E-state index in [1.54, 1.807) is 40.6 Å². The Morgan fingerprint density at radius 2 is 2.00 bits per heavy atom. The predicted octanol–water partition coefficient (Wildman–Crippen LogP) is 4.58. The normalized spacial score (nSPS) is 18.2. The summed E-state index contributed by atoms with van der Waals surface area (Å²) in [5, 5.41) is 5.05. The van der Waals surface area contributed by atoms with E-state index in [0.717, 1.165) is 18.4 Å². The second-order valence-electron chi connectivity index (χ2n) is 8.18. The molecule has 1 N–H and O–H groups in total. The van der Waals surface area contributed by atoms with E-state index in [1.165, 1.54) is 10.4 Å². The number of carbonyl (C=O) groups excluding carboxylic acids is 2. The number of benzene rings is 1. The molecular weight excluding hydrogens is 418 g/mol. The Morgan fingerprint density at radius 1 is 1.16 bits per heavy atom. The van der Waals surface area contributed by atoms with E-state index in [9.17, 15) is 9.59 Å². The third-order valence-corrected chi connectivity index (χ3v) is 6.86. The van der Waals surface area contributed by atoms with Gasteiger partial charge >= 0.3 is 0 Å². The standard InChI is InChI=1S/C26H27N3O2S/c1-2-14-28-25(31)26(18-20-9-11-21(12-10-20)23-8-5-17-32-23)13-6-16-29(19-26)24(30)22-7-3-4-15-27-22/h2-5,7-12,15,17H,1,6,13-14,16,18-19H2,(H,28,31)/t26-/m0/s1. The molecule has 1 atom stereocenters. The summed E-state index contributed by atoms with van der Waals surface area (Å²) >= 11 is 1.71. The minimum absolute atomic E-state index is 0.0294. The van der Waals surface area contributed by atoms with E-state index in [-0.39, 0.29) is 11.8 Å². The van der Waals surface area contributed by atoms with Gasteiger partial charge in [0.2, 0.25) is 5.91 Å². The van der Waals surface area contributed by atoms with Crippen molar-refractivity contribution in [3.63, 3.8) is 0 Å². The van der Waals surface area contributed by atoms with Crippen molar-refractivity contribution in [1.29, 1.82) is 0 Å². The number of pyridine rings is 1. The molecule has 0 bridgehead atoms. The van der Waals surface area contributed by atoms with Crippen LogP contribution in [0.5, 0.6) is 0 Å². The van der Waals surface area contributed by atoms with Crippen LogP contribution >= 0.6 is 11.3 Å². The number of thiophene rings is 1. The molecule has 2 amide bonds. The third kappa shape index (κ3) is 4.81. The molecule has 5 nitrogen and oxygen atoms in total. The van der Waals surface area contributed by atoms with Gasteiger partial charge in [-0.1, -0.05) is 42.5 Å². The van der Waals surface area contributed by atoms with Gasteiger partial charge in [-0.05, 0) is 54.0 Å². The Morgan fingerprint density at radius 3 is 2.69 bits per heavy atom. The van der Waals surface area contributed by atoms with Gasteiger partial charge in [0.25, 0.3) is 5.91 Å². The highest BCUT2D eigenvalue weighted by molar-refractivity contribution is 7.13. The summed E-state index contributed by atoms with van der Waals surface area (Å²) in [4.78, 5) is 33.6. The fourth-order valence-electron chi connectivity index (χ4n) is 4.34. The Bertz CT molecular complexity index is 1060. The number of amides is 2. The van der Waals surface area contributed by atoms with Gasteiger partial charge in [0.1, 0.15) is 5.69 Å². The van der Waals surface area contributed by atoms with E-state index in [1.807, 2.05) is 12.1 Å². The minimum atomic E-state index is -0.684. The zero-order valence-corrected chi connectivity index (χ0v) is 18.8. The van der Waals surface area contributed by atoms with Crippen molar-refractivity contribution in [1.82, 2.24) is 15.2 Å². The quantitative estimate of drug-likeness (QED) is 0.542. The first-order valence-corrected chi connectivity index (χ1v) is 11.7. The summed E-state index contributed by atoms with van der Waals surface area (Å²) in [6.45, 7) is 5.12. The third-order valence-electron chi connectivity index (χ3n) is 5.94. The molecule has 1 aliphatic heterocycles. The molecule has 3 heterocycles. The van der Waals surface area contributed by atoms with Gasteiger partial charge < -0.3 is 10.2 Å². The van der Waals surface area contributed by atoms with Crippen molar-refractivity contribution in [2.45, 2.75) is 19.3 Å². The first kappa shape index (κ1) is 22.0. The second-order valence-corrected chi connectivity index (χ2v) is 9.12. The number of rotatable bonds is 7. The molecule has 1 aliphatic rings. The van der Waals surface area contributed by atoms with Crippen LogP contribution in [-0.4, -0.2) is 41.3 Å². The molecular formula is C26H27N3O2S. The number of hydrogen-bond donors (Lipinski definition) is 1. The zero-order valence-electron chi connectivity index (χ0n) is 18.0. The van der Waals surface area contributed by atoms with Crippen LogP contribution in [0.4, 0.5) is 0 Å². The Balaban J connectivity index is 1.58. The maximum atomic E-state index is 13.3. The van der Waals surface area contributed by atoms with Gasteiger partial charge in [-0.3, -0.25) is 14.6 Å². The fourth-order valence-corrected chi connectivity index (χ4v) is 5.07. The van der Waals surface area contributed by atoms with E-state index < -0.39 is 5.41 Å². The first-order chi connectivity index (χ1) is 15.6. The summed E-state index contributed by atoms with van der Waals surface area (Å²) in [5.41, 5.74) is 1.99. The Labute approximate surface area is 192 Å². The summed E-state index contributed by atoms with van der Waals surface area (Å²) in [7, 11) is 0. The number of hydrogen-bond acceptors (Lipinski definition) is 4. The highest BCUT2D eigenvalue weighted by Gasteiger charge is 2.43. The lowest BCUT2D eigenvalue weighted by molar-refractivity contribution is -0.133. The molecule has 1 aromatic carbocycles. The molecule has 3 aromatic rings. The number of aromatic nitrogens is 1. The lowest BCUT2D eigenvalue weighted by atomic mass is 9.74. The lowest BCUT2D eigenvalue weighted by Gasteiger charge is -2.41. The molecule has 1 fully saturated rings. The number of likely N-dealkylation sites (tertiary alicyclic amines) is 1. The molecule has 0 aliphatic carbocycles. The topological polar surface area (TPSA) is 62.3 Å². The van der Waals surface area contributed by atoms with Gasteiger partial charge in [-0.15, -0.1) is 17.9 Å². The van der Waals surface area contributed by atoms with Crippen LogP contribution in [0.15, 0.2) is 78.8 Å². The highest BCUT2D eigenvalue weighted by atomic mass is 32.1. The van der Waals surface area contributed by atoms with Crippen molar-refractivity contribution >= 4 is 23.2 Å². The van der Waals surface area contributed by atoms with Crippen LogP contribution < -0.4 is 5.32 Å². The molecule has 6 heteroatoms. The average Bonchev–Trinajstić information content (AvgIpc) is 3.38. The maximum Gasteiger partial charge on any atom is 0.272 e. The van der Waals surface area contributed by atoms with Gasteiger partial charge in [0.15, 0.2) is 0 Å². The molecule has 32 heavy (non-hydrogen) atoms. The van der Waals surface area contributed by atoms with Crippen molar-refractivity contribution < 1.29 is 9.59 Å². The van der Waals surface area contributed by atoms with Gasteiger partial charge in [-0.2, -0.15) is 0 Å². The Kier molecular flexibility index (Phi) is 6.81. The monoisotopic (exact) mass is 445 g/mol. The summed E-state index contributed by atoms with van der Waals surface area (Å²) in [5.74, 6) is -0.155. The van der Waals surface area contributed by atoms with E-state index in [2.05, 4.69) is 52.6 Å². The first-order valence-electron chi connectivity index (χ1n) is 10.8. The molecule has 0 radical (unpaired) electrons. The minimum Gasteiger partial charge on any atom is -0.352 e. The summed E-state index contributed by atoms with van der Waals surface area (Å²) < 4.78 is 0. The van der Waals surface area contributed by atoms with E-state index in [4.69, 9.17) is 0 Å². The molecule has 2 aromatic heterocycles. The summed E-state index contributed by atoms with van der Waals surface area (Å²) in [6, 6.07) is 17.9.